The molecule has 23 heteroatoms. The van der Waals surface area contributed by atoms with Gasteiger partial charge in [-0.05, 0) is 103 Å². The first-order valence-electron chi connectivity index (χ1n) is 21.0. The van der Waals surface area contributed by atoms with E-state index < -0.39 is 48.8 Å². The molecule has 2 aliphatic rings. The van der Waals surface area contributed by atoms with Gasteiger partial charge < -0.3 is 24.6 Å². The Morgan fingerprint density at radius 3 is 1.73 bits per heavy atom. The van der Waals surface area contributed by atoms with Crippen LogP contribution in [-0.2, 0) is 58.4 Å². The van der Waals surface area contributed by atoms with Gasteiger partial charge in [0.05, 0.1) is 15.2 Å². The number of nitrogens with one attached hydrogen (secondary N) is 2. The number of hydrogen-bond donors (Lipinski definition) is 2. The Hall–Kier alpha value is -1.87. The van der Waals surface area contributed by atoms with E-state index in [-0.39, 0.29) is 110 Å². The fourth-order valence-electron chi connectivity index (χ4n) is 7.87. The molecule has 66 heavy (non-hydrogen) atoms. The average molecular weight is 1060 g/mol. The Balaban J connectivity index is 0.0000116. The van der Waals surface area contributed by atoms with Gasteiger partial charge in [0, 0.05) is 97.4 Å². The van der Waals surface area contributed by atoms with E-state index in [4.69, 9.17) is 0 Å². The first kappa shape index (κ1) is 58.4. The number of carbonyl (C=O) groups is 2. The summed E-state index contributed by atoms with van der Waals surface area (Å²) in [7, 11) is -14.3. The maximum atomic E-state index is 12.3. The fourth-order valence-corrected chi connectivity index (χ4v) is 12.2. The smallest absolute Gasteiger partial charge is 0.744 e. The molecule has 0 saturated carbocycles. The molecular weight excluding hydrogens is 996 g/mol. The van der Waals surface area contributed by atoms with Crippen molar-refractivity contribution in [3.8, 4) is 0 Å². The number of unbranched alkanes of at least 4 members (excludes halogenated alkanes) is 4. The Kier molecular flexibility index (Phi) is 22.0. The van der Waals surface area contributed by atoms with Crippen LogP contribution in [0.1, 0.15) is 90.2 Å². The fraction of sp³-hybridized carbons (Fsp3) is 0.512. The molecule has 2 amide bonds. The van der Waals surface area contributed by atoms with Crippen molar-refractivity contribution in [1.29, 1.82) is 0 Å². The summed E-state index contributed by atoms with van der Waals surface area (Å²) >= 11 is 0. The number of carbonyl (C=O) groups excluding carboxylic acids is 2. The summed E-state index contributed by atoms with van der Waals surface area (Å²) in [6, 6.07) is 8.75. The number of anilines is 1. The quantitative estimate of drug-likeness (QED) is 0.0362. The molecule has 2 N–H and O–H groups in total. The maximum Gasteiger partial charge on any atom is 1.00 e. The topological polar surface area (TPSA) is 247 Å². The molecule has 0 fully saturated rings. The third-order valence-corrected chi connectivity index (χ3v) is 17.9. The van der Waals surface area contributed by atoms with Crippen LogP contribution in [-0.4, -0.2) is 115 Å². The number of hydrogen-bond acceptors (Lipinski definition) is 15. The summed E-state index contributed by atoms with van der Waals surface area (Å²) in [4.78, 5) is 26.1. The van der Waals surface area contributed by atoms with Crippen molar-refractivity contribution in [2.45, 2.75) is 99.7 Å². The molecule has 0 radical (unpaired) electrons. The van der Waals surface area contributed by atoms with Crippen LogP contribution in [0.4, 0.5) is 11.4 Å². The van der Waals surface area contributed by atoms with Gasteiger partial charge in [-0.3, -0.25) is 9.59 Å². The predicted octanol–water partition coefficient (Wildman–Crippen LogP) is 2.41. The molecule has 2 aromatic carbocycles. The summed E-state index contributed by atoms with van der Waals surface area (Å²) in [5.41, 5.74) is 3.19. The molecule has 0 saturated heterocycles. The van der Waals surface area contributed by atoms with E-state index in [0.717, 1.165) is 56.9 Å². The van der Waals surface area contributed by atoms with E-state index >= 15 is 0 Å². The van der Waals surface area contributed by atoms with E-state index in [9.17, 15) is 52.4 Å². The van der Waals surface area contributed by atoms with E-state index in [1.54, 1.807) is 12.1 Å². The standard InChI is InChI=1S/C43H60N4O12S6.K/c1-42(2)34-30-32(64(54,55)56)20-22-36(34)46(26-14-8-12-18-40(48)44-24-28-60-62(5,50)51)38(42)16-10-7-11-17-39-43(3,4)35-31-33(65(57,58)59)21-23-37(35)47(39)27-15-9-13-19-41(49)45-25-29-61-63(6,52)53;/h7,10-11,16-17,20-23,30-31H,8-9,12-15,18-19,24-29H2,1-6H3,(H3-,44,45,48,49,54,55,56,57,58,59);/q;+1/p-1. The summed E-state index contributed by atoms with van der Waals surface area (Å²) in [6.45, 7) is 9.37. The minimum absolute atomic E-state index is 0. The van der Waals surface area contributed by atoms with E-state index in [0.29, 0.717) is 62.7 Å². The molecule has 0 atom stereocenters. The summed E-state index contributed by atoms with van der Waals surface area (Å²) in [5.74, 6) is 0.192. The van der Waals surface area contributed by atoms with Gasteiger partial charge in [0.2, 0.25) is 17.5 Å². The Morgan fingerprint density at radius 1 is 0.682 bits per heavy atom. The molecule has 0 aliphatic carbocycles. The molecule has 2 heterocycles. The second-order valence-corrected chi connectivity index (χ2v) is 28.8. The third kappa shape index (κ3) is 17.2. The molecule has 0 spiro atoms. The van der Waals surface area contributed by atoms with Crippen LogP contribution in [0.25, 0.3) is 0 Å². The number of benzene rings is 2. The van der Waals surface area contributed by atoms with Crippen LogP contribution in [0.15, 0.2) is 82.3 Å². The molecule has 2 aliphatic heterocycles. The zero-order chi connectivity index (χ0) is 48.4. The van der Waals surface area contributed by atoms with Crippen LogP contribution in [0.3, 0.4) is 0 Å². The van der Waals surface area contributed by atoms with Gasteiger partial charge in [-0.25, -0.2) is 33.7 Å². The molecule has 0 unspecified atom stereocenters. The van der Waals surface area contributed by atoms with Crippen LogP contribution in [0, 0.1) is 0 Å². The largest absolute Gasteiger partial charge is 1.00 e. The molecule has 360 valence electrons. The first-order valence-corrected chi connectivity index (χ1v) is 30.6. The van der Waals surface area contributed by atoms with Crippen molar-refractivity contribution < 1.29 is 108 Å². The zero-order valence-corrected chi connectivity index (χ0v) is 46.5. The number of allylic oxidation sites excluding steroid dienone is 6. The Morgan fingerprint density at radius 2 is 1.20 bits per heavy atom. The molecule has 16 nitrogen and oxygen atoms in total. The van der Waals surface area contributed by atoms with E-state index in [1.807, 2.05) is 58.1 Å². The van der Waals surface area contributed by atoms with Crippen molar-refractivity contribution >= 4 is 88.5 Å². The van der Waals surface area contributed by atoms with Crippen LogP contribution < -0.4 is 66.9 Å². The molecule has 2 aromatic rings. The maximum absolute atomic E-state index is 12.3. The molecule has 4 rings (SSSR count). The van der Waals surface area contributed by atoms with Crippen molar-refractivity contribution in [2.75, 3.05) is 55.1 Å². The molecular formula is C43H59KN4O12S6. The van der Waals surface area contributed by atoms with Gasteiger partial charge in [0.15, 0.2) is 23.5 Å². The van der Waals surface area contributed by atoms with E-state index in [2.05, 4.69) is 20.1 Å². The van der Waals surface area contributed by atoms with Crippen molar-refractivity contribution in [3.63, 3.8) is 0 Å². The minimum atomic E-state index is -4.72. The second kappa shape index (κ2) is 24.8. The number of amides is 2. The minimum Gasteiger partial charge on any atom is -0.744 e. The van der Waals surface area contributed by atoms with Gasteiger partial charge in [0.25, 0.3) is 0 Å². The molecule has 0 bridgehead atoms. The summed E-state index contributed by atoms with van der Waals surface area (Å²) in [6.07, 6.45) is 16.2. The van der Waals surface area contributed by atoms with Gasteiger partial charge >= 0.3 is 51.4 Å². The van der Waals surface area contributed by atoms with Crippen molar-refractivity contribution in [3.05, 3.63) is 83.6 Å². The van der Waals surface area contributed by atoms with Crippen LogP contribution >= 0.6 is 21.6 Å². The van der Waals surface area contributed by atoms with Crippen molar-refractivity contribution in [2.24, 2.45) is 0 Å². The second-order valence-electron chi connectivity index (χ2n) is 16.9. The Labute approximate surface area is 440 Å². The Bertz CT molecular complexity index is 2680. The zero-order valence-electron chi connectivity index (χ0n) is 38.5. The van der Waals surface area contributed by atoms with Crippen LogP contribution in [0.2, 0.25) is 0 Å². The van der Waals surface area contributed by atoms with Crippen molar-refractivity contribution in [1.82, 2.24) is 10.6 Å². The SMILES string of the molecule is CC1(C)C(/C=C/C=C/C=C2\N(CCCCCC(=O)NCCSS(C)(=O)=O)c3ccc(S(=O)(=O)[O-])cc3C2(C)C)=[N+](CCCCCC(=O)NCCSS(C)(=O)=O)c2ccc(S(=O)(=O)[O-])cc21.[K+]. The predicted molar refractivity (Wildman–Crippen MR) is 256 cm³/mol. The number of nitrogens with zero attached hydrogens (tertiary/aromatic N) is 2. The van der Waals surface area contributed by atoms with E-state index in [1.165, 1.54) is 24.3 Å². The normalized spacial score (nSPS) is 16.5. The van der Waals surface area contributed by atoms with Gasteiger partial charge in [-0.1, -0.05) is 38.5 Å². The first-order chi connectivity index (χ1) is 30.1. The average Bonchev–Trinajstić information content (AvgIpc) is 3.53. The monoisotopic (exact) mass is 1050 g/mol. The van der Waals surface area contributed by atoms with Crippen LogP contribution in [0.5, 0.6) is 0 Å². The summed E-state index contributed by atoms with van der Waals surface area (Å²) in [5, 5.41) is 5.48. The van der Waals surface area contributed by atoms with Gasteiger partial charge in [-0.15, -0.1) is 0 Å². The third-order valence-electron chi connectivity index (χ3n) is 11.0. The van der Waals surface area contributed by atoms with Gasteiger partial charge in [-0.2, -0.15) is 4.58 Å². The number of fused-ring (bicyclic) bond motifs is 2. The van der Waals surface area contributed by atoms with Gasteiger partial charge in [0.1, 0.15) is 26.8 Å². The molecule has 0 aromatic heterocycles. The summed E-state index contributed by atoms with van der Waals surface area (Å²) < 4.78 is 119. The number of rotatable bonds is 25.